The van der Waals surface area contributed by atoms with Crippen LogP contribution in [0.4, 0.5) is 0 Å². The first-order valence-corrected chi connectivity index (χ1v) is 6.75. The quantitative estimate of drug-likeness (QED) is 0.659. The third-order valence-electron chi connectivity index (χ3n) is 2.39. The number of halogens is 1. The standard InChI is InChI=1S/C14H16BrNO4/c1-13(2,3)20-14(12(18)19,16-9-17)8-10-4-6-11(15)7-5-10/h4-7H,8H2,1-3H3,(H,18,19)/t14-/m1/s1. The molecule has 0 radical (unpaired) electrons. The molecule has 20 heavy (non-hydrogen) atoms. The van der Waals surface area contributed by atoms with Crippen molar-refractivity contribution in [1.82, 2.24) is 0 Å². The Morgan fingerprint density at radius 3 is 2.30 bits per heavy atom. The number of aliphatic imine (C=N–C) groups is 1. The van der Waals surface area contributed by atoms with Gasteiger partial charge in [-0.25, -0.2) is 9.59 Å². The summed E-state index contributed by atoms with van der Waals surface area (Å²) < 4.78 is 6.39. The first kappa shape index (κ1) is 16.6. The summed E-state index contributed by atoms with van der Waals surface area (Å²) in [6, 6.07) is 7.05. The van der Waals surface area contributed by atoms with Crippen molar-refractivity contribution in [3.8, 4) is 0 Å². The molecule has 108 valence electrons. The van der Waals surface area contributed by atoms with Crippen LogP contribution in [0.5, 0.6) is 0 Å². The first-order chi connectivity index (χ1) is 9.18. The highest BCUT2D eigenvalue weighted by molar-refractivity contribution is 9.10. The Hall–Kier alpha value is -1.49. The van der Waals surface area contributed by atoms with Gasteiger partial charge < -0.3 is 9.84 Å². The van der Waals surface area contributed by atoms with Crippen LogP contribution >= 0.6 is 15.9 Å². The van der Waals surface area contributed by atoms with Crippen LogP contribution < -0.4 is 0 Å². The Morgan fingerprint density at radius 2 is 1.90 bits per heavy atom. The van der Waals surface area contributed by atoms with Crippen LogP contribution in [-0.4, -0.2) is 28.5 Å². The van der Waals surface area contributed by atoms with Crippen molar-refractivity contribution < 1.29 is 19.4 Å². The predicted octanol–water partition coefficient (Wildman–Crippen LogP) is 2.92. The molecule has 1 aromatic rings. The molecule has 5 nitrogen and oxygen atoms in total. The molecule has 0 aliphatic heterocycles. The zero-order valence-corrected chi connectivity index (χ0v) is 13.1. The monoisotopic (exact) mass is 341 g/mol. The van der Waals surface area contributed by atoms with E-state index in [4.69, 9.17) is 4.74 Å². The molecule has 1 N–H and O–H groups in total. The van der Waals surface area contributed by atoms with Gasteiger partial charge in [0.25, 0.3) is 5.72 Å². The molecular weight excluding hydrogens is 326 g/mol. The lowest BCUT2D eigenvalue weighted by Crippen LogP contribution is -2.47. The van der Waals surface area contributed by atoms with Crippen LogP contribution in [0.2, 0.25) is 0 Å². The highest BCUT2D eigenvalue weighted by Crippen LogP contribution is 2.27. The van der Waals surface area contributed by atoms with Crippen LogP contribution in [0.3, 0.4) is 0 Å². The van der Waals surface area contributed by atoms with Gasteiger partial charge in [0, 0.05) is 10.9 Å². The van der Waals surface area contributed by atoms with Crippen molar-refractivity contribution in [2.45, 2.75) is 38.5 Å². The number of benzene rings is 1. The molecule has 0 aliphatic rings. The number of isocyanates is 1. The van der Waals surface area contributed by atoms with E-state index >= 15 is 0 Å². The molecule has 0 fully saturated rings. The van der Waals surface area contributed by atoms with Crippen LogP contribution in [0.15, 0.2) is 33.7 Å². The van der Waals surface area contributed by atoms with Gasteiger partial charge in [0.15, 0.2) is 0 Å². The minimum Gasteiger partial charge on any atom is -0.478 e. The van der Waals surface area contributed by atoms with E-state index in [1.54, 1.807) is 45.0 Å². The summed E-state index contributed by atoms with van der Waals surface area (Å²) in [5, 5.41) is 9.43. The summed E-state index contributed by atoms with van der Waals surface area (Å²) in [5.74, 6) is -1.32. The van der Waals surface area contributed by atoms with Gasteiger partial charge in [-0.3, -0.25) is 0 Å². The maximum Gasteiger partial charge on any atom is 0.360 e. The van der Waals surface area contributed by atoms with Gasteiger partial charge in [-0.2, -0.15) is 4.99 Å². The minimum atomic E-state index is -1.96. The normalized spacial score (nSPS) is 14.2. The summed E-state index contributed by atoms with van der Waals surface area (Å²) in [4.78, 5) is 25.6. The Balaban J connectivity index is 3.18. The number of carbonyl (C=O) groups excluding carboxylic acids is 1. The van der Waals surface area contributed by atoms with Gasteiger partial charge in [0.2, 0.25) is 6.08 Å². The van der Waals surface area contributed by atoms with E-state index in [2.05, 4.69) is 20.9 Å². The molecule has 0 spiro atoms. The van der Waals surface area contributed by atoms with Gasteiger partial charge in [0.1, 0.15) is 0 Å². The number of nitrogens with zero attached hydrogens (tertiary/aromatic N) is 1. The van der Waals surface area contributed by atoms with Gasteiger partial charge in [-0.05, 0) is 38.5 Å². The second-order valence-corrected chi connectivity index (χ2v) is 6.23. The summed E-state index contributed by atoms with van der Waals surface area (Å²) in [6.45, 7) is 5.10. The maximum absolute atomic E-state index is 11.6. The van der Waals surface area contributed by atoms with Gasteiger partial charge in [-0.1, -0.05) is 28.1 Å². The zero-order valence-electron chi connectivity index (χ0n) is 11.5. The van der Waals surface area contributed by atoms with Crippen molar-refractivity contribution in [3.05, 3.63) is 34.3 Å². The first-order valence-electron chi connectivity index (χ1n) is 5.95. The lowest BCUT2D eigenvalue weighted by molar-refractivity contribution is -0.182. The fraction of sp³-hybridized carbons (Fsp3) is 0.429. The summed E-state index contributed by atoms with van der Waals surface area (Å²) in [7, 11) is 0. The highest BCUT2D eigenvalue weighted by atomic mass is 79.9. The molecule has 0 saturated carbocycles. The number of carboxylic acids is 1. The summed E-state index contributed by atoms with van der Waals surface area (Å²) >= 11 is 3.30. The van der Waals surface area contributed by atoms with Crippen LogP contribution in [-0.2, 0) is 20.7 Å². The molecule has 1 aromatic carbocycles. The average molecular weight is 342 g/mol. The van der Waals surface area contributed by atoms with E-state index in [0.29, 0.717) is 5.56 Å². The predicted molar refractivity (Wildman–Crippen MR) is 77.2 cm³/mol. The molecule has 1 atom stereocenters. The van der Waals surface area contributed by atoms with E-state index in [0.717, 1.165) is 4.47 Å². The molecule has 0 bridgehead atoms. The molecule has 6 heteroatoms. The van der Waals surface area contributed by atoms with Gasteiger partial charge in [0.05, 0.1) is 5.60 Å². The van der Waals surface area contributed by atoms with Crippen molar-refractivity contribution >= 4 is 28.0 Å². The van der Waals surface area contributed by atoms with Crippen LogP contribution in [0.25, 0.3) is 0 Å². The number of rotatable bonds is 5. The summed E-state index contributed by atoms with van der Waals surface area (Å²) in [5.41, 5.74) is -2.04. The number of hydrogen-bond acceptors (Lipinski definition) is 4. The molecule has 0 aliphatic carbocycles. The third-order valence-corrected chi connectivity index (χ3v) is 2.92. The summed E-state index contributed by atoms with van der Waals surface area (Å²) in [6.07, 6.45) is 1.25. The van der Waals surface area contributed by atoms with Crippen molar-refractivity contribution in [2.24, 2.45) is 4.99 Å². The average Bonchev–Trinajstić information content (AvgIpc) is 2.30. The van der Waals surface area contributed by atoms with Crippen molar-refractivity contribution in [1.29, 1.82) is 0 Å². The molecule has 0 unspecified atom stereocenters. The third kappa shape index (κ3) is 4.56. The Bertz CT molecular complexity index is 525. The fourth-order valence-corrected chi connectivity index (χ4v) is 1.99. The van der Waals surface area contributed by atoms with Crippen LogP contribution in [0, 0.1) is 0 Å². The number of carbonyl (C=O) groups is 1. The maximum atomic E-state index is 11.6. The lowest BCUT2D eigenvalue weighted by atomic mass is 10.0. The van der Waals surface area contributed by atoms with E-state index in [-0.39, 0.29) is 6.42 Å². The lowest BCUT2D eigenvalue weighted by Gasteiger charge is -2.32. The van der Waals surface area contributed by atoms with E-state index in [9.17, 15) is 14.7 Å². The molecular formula is C14H16BrNO4. The Labute approximate surface area is 125 Å². The minimum absolute atomic E-state index is 0.0534. The van der Waals surface area contributed by atoms with E-state index in [1.165, 1.54) is 6.08 Å². The highest BCUT2D eigenvalue weighted by Gasteiger charge is 2.43. The van der Waals surface area contributed by atoms with Gasteiger partial charge >= 0.3 is 5.97 Å². The number of aliphatic carboxylic acids is 1. The fourth-order valence-electron chi connectivity index (χ4n) is 1.72. The molecule has 0 amide bonds. The van der Waals surface area contributed by atoms with Crippen molar-refractivity contribution in [3.63, 3.8) is 0 Å². The molecule has 0 heterocycles. The smallest absolute Gasteiger partial charge is 0.360 e. The van der Waals surface area contributed by atoms with E-state index in [1.807, 2.05) is 0 Å². The van der Waals surface area contributed by atoms with Crippen LogP contribution in [0.1, 0.15) is 26.3 Å². The zero-order chi connectivity index (χ0) is 15.4. The second kappa shape index (κ2) is 6.31. The van der Waals surface area contributed by atoms with Gasteiger partial charge in [-0.15, -0.1) is 0 Å². The van der Waals surface area contributed by atoms with Crippen molar-refractivity contribution in [2.75, 3.05) is 0 Å². The number of ether oxygens (including phenoxy) is 1. The topological polar surface area (TPSA) is 76.0 Å². The SMILES string of the molecule is CC(C)(C)O[C@@](Cc1ccc(Br)cc1)(N=C=O)C(=O)O. The molecule has 0 aromatic heterocycles. The van der Waals surface area contributed by atoms with E-state index < -0.39 is 17.3 Å². The second-order valence-electron chi connectivity index (χ2n) is 5.31. The molecule has 1 rings (SSSR count). The number of carboxylic acid groups (broad SMARTS) is 1. The molecule has 0 saturated heterocycles. The number of hydrogen-bond donors (Lipinski definition) is 1. The largest absolute Gasteiger partial charge is 0.478 e. The Kier molecular flexibility index (Phi) is 5.22. The Morgan fingerprint density at radius 1 is 1.35 bits per heavy atom.